The Labute approximate surface area is 114 Å². The van der Waals surface area contributed by atoms with Crippen molar-refractivity contribution in [1.29, 1.82) is 0 Å². The highest BCUT2D eigenvalue weighted by Crippen LogP contribution is 2.33. The van der Waals surface area contributed by atoms with Gasteiger partial charge in [-0.2, -0.15) is 4.98 Å². The second kappa shape index (κ2) is 4.59. The number of aromatic nitrogens is 3. The van der Waals surface area contributed by atoms with Crippen molar-refractivity contribution in [3.8, 4) is 0 Å². The van der Waals surface area contributed by atoms with Crippen LogP contribution in [0, 0.1) is 11.7 Å². The predicted molar refractivity (Wildman–Crippen MR) is 68.4 cm³/mol. The summed E-state index contributed by atoms with van der Waals surface area (Å²) in [5.74, 6) is -1.63. The molecule has 1 aliphatic rings. The topological polar surface area (TPSA) is 94.0 Å². The van der Waals surface area contributed by atoms with Crippen LogP contribution in [0.1, 0.15) is 17.3 Å². The summed E-state index contributed by atoms with van der Waals surface area (Å²) in [6, 6.07) is 6.01. The van der Waals surface area contributed by atoms with Crippen LogP contribution < -0.4 is 5.73 Å². The van der Waals surface area contributed by atoms with Gasteiger partial charge in [0.15, 0.2) is 0 Å². The number of carboxylic acids is 1. The largest absolute Gasteiger partial charge is 0.481 e. The number of anilines is 1. The Bertz CT molecular complexity index is 670. The van der Waals surface area contributed by atoms with Gasteiger partial charge < -0.3 is 10.8 Å². The van der Waals surface area contributed by atoms with Gasteiger partial charge in [-0.3, -0.25) is 4.79 Å². The lowest BCUT2D eigenvalue weighted by Gasteiger charge is -2.28. The van der Waals surface area contributed by atoms with Crippen LogP contribution >= 0.6 is 0 Å². The molecule has 2 atom stereocenters. The molecule has 3 rings (SSSR count). The third-order valence-corrected chi connectivity index (χ3v) is 3.62. The normalized spacial score (nSPS) is 21.4. The number of carboxylic acid groups (broad SMARTS) is 1. The molecule has 1 aromatic carbocycles. The van der Waals surface area contributed by atoms with Crippen molar-refractivity contribution in [2.24, 2.45) is 5.92 Å². The van der Waals surface area contributed by atoms with Crippen LogP contribution in [0.3, 0.4) is 0 Å². The molecule has 0 saturated carbocycles. The Balaban J connectivity index is 2.02. The molecule has 2 unspecified atom stereocenters. The van der Waals surface area contributed by atoms with Gasteiger partial charge in [0.25, 0.3) is 0 Å². The first-order chi connectivity index (χ1) is 9.54. The van der Waals surface area contributed by atoms with Crippen molar-refractivity contribution >= 4 is 11.9 Å². The molecule has 20 heavy (non-hydrogen) atoms. The number of halogens is 1. The number of nitrogens with two attached hydrogens (primary N) is 1. The maximum absolute atomic E-state index is 13.3. The fourth-order valence-corrected chi connectivity index (χ4v) is 2.68. The van der Waals surface area contributed by atoms with E-state index in [1.807, 2.05) is 0 Å². The van der Waals surface area contributed by atoms with Crippen LogP contribution in [0.15, 0.2) is 24.3 Å². The molecule has 6 nitrogen and oxygen atoms in total. The summed E-state index contributed by atoms with van der Waals surface area (Å²) in [4.78, 5) is 15.5. The van der Waals surface area contributed by atoms with Crippen LogP contribution in [0.5, 0.6) is 0 Å². The van der Waals surface area contributed by atoms with Crippen LogP contribution in [-0.4, -0.2) is 25.8 Å². The van der Waals surface area contributed by atoms with E-state index in [2.05, 4.69) is 10.1 Å². The van der Waals surface area contributed by atoms with Crippen LogP contribution in [0.25, 0.3) is 0 Å². The van der Waals surface area contributed by atoms with E-state index in [0.29, 0.717) is 17.9 Å². The molecular weight excluding hydrogens is 263 g/mol. The van der Waals surface area contributed by atoms with E-state index in [-0.39, 0.29) is 24.1 Å². The van der Waals surface area contributed by atoms with E-state index in [1.165, 1.54) is 12.1 Å². The number of hydrogen-bond donors (Lipinski definition) is 2. The van der Waals surface area contributed by atoms with Crippen molar-refractivity contribution in [1.82, 2.24) is 14.8 Å². The van der Waals surface area contributed by atoms with Crippen molar-refractivity contribution in [2.75, 3.05) is 5.73 Å². The van der Waals surface area contributed by atoms with Gasteiger partial charge >= 0.3 is 5.97 Å². The molecule has 0 spiro atoms. The standard InChI is InChI=1S/C13H13FN4O2/c14-8-3-1-2-7(4-8)10-6-18-11(16-13(15)17-18)5-9(10)12(19)20/h1-4,9-10H,5-6H2,(H2,15,17)(H,19,20). The minimum absolute atomic E-state index is 0.129. The van der Waals surface area contributed by atoms with E-state index < -0.39 is 11.9 Å². The highest BCUT2D eigenvalue weighted by atomic mass is 19.1. The number of carbonyl (C=O) groups is 1. The third-order valence-electron chi connectivity index (χ3n) is 3.62. The van der Waals surface area contributed by atoms with E-state index in [1.54, 1.807) is 16.8 Å². The number of hydrogen-bond acceptors (Lipinski definition) is 4. The zero-order chi connectivity index (χ0) is 14.3. The summed E-state index contributed by atoms with van der Waals surface area (Å²) in [6.07, 6.45) is 0.237. The van der Waals surface area contributed by atoms with Crippen molar-refractivity contribution in [2.45, 2.75) is 18.9 Å². The van der Waals surface area contributed by atoms with E-state index >= 15 is 0 Å². The molecule has 104 valence electrons. The van der Waals surface area contributed by atoms with Gasteiger partial charge in [-0.05, 0) is 17.7 Å². The zero-order valence-corrected chi connectivity index (χ0v) is 10.5. The molecule has 0 fully saturated rings. The average Bonchev–Trinajstić information content (AvgIpc) is 2.76. The summed E-state index contributed by atoms with van der Waals surface area (Å²) in [7, 11) is 0. The van der Waals surface area contributed by atoms with Crippen LogP contribution in [-0.2, 0) is 17.8 Å². The highest BCUT2D eigenvalue weighted by Gasteiger charge is 2.36. The van der Waals surface area contributed by atoms with Crippen LogP contribution in [0.2, 0.25) is 0 Å². The van der Waals surface area contributed by atoms with E-state index in [9.17, 15) is 14.3 Å². The summed E-state index contributed by atoms with van der Waals surface area (Å²) < 4.78 is 14.9. The molecule has 2 heterocycles. The number of benzene rings is 1. The Hall–Kier alpha value is -2.44. The van der Waals surface area contributed by atoms with Gasteiger partial charge in [-0.25, -0.2) is 9.07 Å². The molecule has 0 amide bonds. The second-order valence-corrected chi connectivity index (χ2v) is 4.88. The lowest BCUT2D eigenvalue weighted by molar-refractivity contribution is -0.143. The van der Waals surface area contributed by atoms with Gasteiger partial charge in [0.05, 0.1) is 12.5 Å². The van der Waals surface area contributed by atoms with Gasteiger partial charge in [-0.15, -0.1) is 5.10 Å². The first-order valence-electron chi connectivity index (χ1n) is 6.22. The smallest absolute Gasteiger partial charge is 0.307 e. The summed E-state index contributed by atoms with van der Waals surface area (Å²) in [5, 5.41) is 13.4. The predicted octanol–water partition coefficient (Wildman–Crippen LogP) is 1.04. The first kappa shape index (κ1) is 12.6. The lowest BCUT2D eigenvalue weighted by Crippen LogP contribution is -2.33. The molecule has 2 aromatic rings. The molecule has 0 aliphatic carbocycles. The maximum atomic E-state index is 13.3. The molecule has 7 heteroatoms. The zero-order valence-electron chi connectivity index (χ0n) is 10.5. The number of nitrogen functional groups attached to an aromatic ring is 1. The summed E-state index contributed by atoms with van der Waals surface area (Å²) in [6.45, 7) is 0.333. The molecule has 3 N–H and O–H groups in total. The summed E-state index contributed by atoms with van der Waals surface area (Å²) >= 11 is 0. The van der Waals surface area contributed by atoms with Gasteiger partial charge in [-0.1, -0.05) is 12.1 Å². The number of aliphatic carboxylic acids is 1. The molecule has 0 bridgehead atoms. The Kier molecular flexibility index (Phi) is 2.89. The number of fused-ring (bicyclic) bond motifs is 1. The fraction of sp³-hybridized carbons (Fsp3) is 0.308. The molecule has 1 aromatic heterocycles. The monoisotopic (exact) mass is 276 g/mol. The fourth-order valence-electron chi connectivity index (χ4n) is 2.68. The Morgan fingerprint density at radius 2 is 2.30 bits per heavy atom. The minimum atomic E-state index is -0.924. The van der Waals surface area contributed by atoms with Crippen LogP contribution in [0.4, 0.5) is 10.3 Å². The van der Waals surface area contributed by atoms with E-state index in [4.69, 9.17) is 5.73 Å². The Morgan fingerprint density at radius 3 is 3.00 bits per heavy atom. The van der Waals surface area contributed by atoms with Gasteiger partial charge in [0, 0.05) is 12.3 Å². The first-order valence-corrected chi connectivity index (χ1v) is 6.22. The molecule has 0 radical (unpaired) electrons. The third kappa shape index (κ3) is 2.11. The molecular formula is C13H13FN4O2. The number of nitrogens with zero attached hydrogens (tertiary/aromatic N) is 3. The molecule has 1 aliphatic heterocycles. The van der Waals surface area contributed by atoms with Crippen molar-refractivity contribution < 1.29 is 14.3 Å². The average molecular weight is 276 g/mol. The lowest BCUT2D eigenvalue weighted by atomic mass is 9.81. The van der Waals surface area contributed by atoms with Gasteiger partial charge in [0.2, 0.25) is 5.95 Å². The van der Waals surface area contributed by atoms with Crippen molar-refractivity contribution in [3.05, 3.63) is 41.5 Å². The quantitative estimate of drug-likeness (QED) is 0.854. The number of rotatable bonds is 2. The maximum Gasteiger partial charge on any atom is 0.307 e. The SMILES string of the molecule is Nc1nc2n(n1)CC(c1cccc(F)c1)C(C(=O)O)C2. The van der Waals surface area contributed by atoms with Gasteiger partial charge in [0.1, 0.15) is 11.6 Å². The van der Waals surface area contributed by atoms with Crippen molar-refractivity contribution in [3.63, 3.8) is 0 Å². The highest BCUT2D eigenvalue weighted by molar-refractivity contribution is 5.72. The van der Waals surface area contributed by atoms with E-state index in [0.717, 1.165) is 0 Å². The molecule has 0 saturated heterocycles. The summed E-state index contributed by atoms with van der Waals surface area (Å²) in [5.41, 5.74) is 6.19. The minimum Gasteiger partial charge on any atom is -0.481 e. The Morgan fingerprint density at radius 1 is 1.50 bits per heavy atom. The second-order valence-electron chi connectivity index (χ2n) is 4.88.